The van der Waals surface area contributed by atoms with Gasteiger partial charge in [0.05, 0.1) is 7.11 Å². The lowest BCUT2D eigenvalue weighted by atomic mass is 9.58. The summed E-state index contributed by atoms with van der Waals surface area (Å²) in [6.07, 6.45) is 6.81. The number of halogens is 1. The Morgan fingerprint density at radius 3 is 2.31 bits per heavy atom. The molecule has 164 valence electrons. The highest BCUT2D eigenvalue weighted by Gasteiger charge is 2.43. The van der Waals surface area contributed by atoms with Crippen LogP contribution >= 0.6 is 12.4 Å². The summed E-state index contributed by atoms with van der Waals surface area (Å²) < 4.78 is 5.63. The van der Waals surface area contributed by atoms with Crippen LogP contribution in [0.1, 0.15) is 65.4 Å². The van der Waals surface area contributed by atoms with Gasteiger partial charge in [0.2, 0.25) is 0 Å². The monoisotopic (exact) mass is 420 g/mol. The van der Waals surface area contributed by atoms with Crippen molar-refractivity contribution in [3.8, 4) is 5.75 Å². The predicted octanol–water partition coefficient (Wildman–Crippen LogP) is 5.75. The van der Waals surface area contributed by atoms with Gasteiger partial charge in [0.25, 0.3) is 0 Å². The van der Waals surface area contributed by atoms with Crippen LogP contribution < -0.4 is 9.64 Å². The fourth-order valence-corrected chi connectivity index (χ4v) is 5.62. The van der Waals surface area contributed by atoms with Gasteiger partial charge < -0.3 is 9.64 Å². The van der Waals surface area contributed by atoms with Crippen molar-refractivity contribution >= 4 is 18.1 Å². The standard InChI is InChI=1S/C25H40N2O.ClH/c1-19-17-24(2,3)10-11-25(19,4)22-9-8-21(28-5)16-23(22)27-14-12-26(13-15-27)18-20-6-7-20;/h8-9,16,19-20H,6-7,10-15,17-18H2,1-5H3;1H. The van der Waals surface area contributed by atoms with Gasteiger partial charge in [-0.15, -0.1) is 12.4 Å². The summed E-state index contributed by atoms with van der Waals surface area (Å²) >= 11 is 0. The van der Waals surface area contributed by atoms with Crippen molar-refractivity contribution in [1.29, 1.82) is 0 Å². The topological polar surface area (TPSA) is 15.7 Å². The van der Waals surface area contributed by atoms with Crippen LogP contribution in [-0.4, -0.2) is 44.7 Å². The van der Waals surface area contributed by atoms with Crippen molar-refractivity contribution in [2.45, 2.75) is 65.2 Å². The van der Waals surface area contributed by atoms with E-state index in [0.29, 0.717) is 11.3 Å². The molecule has 1 aromatic carbocycles. The quantitative estimate of drug-likeness (QED) is 0.602. The summed E-state index contributed by atoms with van der Waals surface area (Å²) in [5, 5.41) is 0. The number of nitrogens with zero attached hydrogens (tertiary/aromatic N) is 2. The molecule has 0 spiro atoms. The Bertz CT molecular complexity index is 694. The smallest absolute Gasteiger partial charge is 0.120 e. The summed E-state index contributed by atoms with van der Waals surface area (Å²) in [7, 11) is 1.79. The van der Waals surface area contributed by atoms with Gasteiger partial charge in [0.15, 0.2) is 0 Å². The van der Waals surface area contributed by atoms with E-state index in [1.165, 1.54) is 57.4 Å². The van der Waals surface area contributed by atoms with E-state index in [1.807, 2.05) is 0 Å². The van der Waals surface area contributed by atoms with Gasteiger partial charge in [-0.05, 0) is 66.4 Å². The number of hydrogen-bond donors (Lipinski definition) is 0. The Labute approximate surface area is 184 Å². The maximum absolute atomic E-state index is 5.63. The average molecular weight is 421 g/mol. The molecular weight excluding hydrogens is 380 g/mol. The average Bonchev–Trinajstić information content (AvgIpc) is 3.49. The molecular formula is C25H41ClN2O. The maximum Gasteiger partial charge on any atom is 0.120 e. The second-order valence-electron chi connectivity index (χ2n) is 10.8. The zero-order valence-electron chi connectivity index (χ0n) is 19.2. The Morgan fingerprint density at radius 2 is 1.72 bits per heavy atom. The van der Waals surface area contributed by atoms with Crippen molar-refractivity contribution < 1.29 is 4.74 Å². The predicted molar refractivity (Wildman–Crippen MR) is 126 cm³/mol. The van der Waals surface area contributed by atoms with E-state index < -0.39 is 0 Å². The van der Waals surface area contributed by atoms with E-state index >= 15 is 0 Å². The highest BCUT2D eigenvalue weighted by atomic mass is 35.5. The van der Waals surface area contributed by atoms with Gasteiger partial charge in [-0.2, -0.15) is 0 Å². The Kier molecular flexibility index (Phi) is 6.80. The van der Waals surface area contributed by atoms with Gasteiger partial charge in [-0.1, -0.05) is 33.8 Å². The molecule has 0 aromatic heterocycles. The fourth-order valence-electron chi connectivity index (χ4n) is 5.62. The molecule has 2 unspecified atom stereocenters. The van der Waals surface area contributed by atoms with E-state index in [9.17, 15) is 0 Å². The second kappa shape index (κ2) is 8.67. The Hall–Kier alpha value is -0.930. The molecule has 3 aliphatic rings. The number of benzene rings is 1. The van der Waals surface area contributed by atoms with Crippen molar-refractivity contribution in [1.82, 2.24) is 4.90 Å². The molecule has 0 amide bonds. The number of hydrogen-bond acceptors (Lipinski definition) is 3. The molecule has 2 atom stereocenters. The first-order valence-corrected chi connectivity index (χ1v) is 11.5. The van der Waals surface area contributed by atoms with Crippen molar-refractivity contribution in [2.75, 3.05) is 44.7 Å². The van der Waals surface area contributed by atoms with Crippen LogP contribution in [0.4, 0.5) is 5.69 Å². The van der Waals surface area contributed by atoms with Gasteiger partial charge in [-0.3, -0.25) is 4.90 Å². The fraction of sp³-hybridized carbons (Fsp3) is 0.760. The van der Waals surface area contributed by atoms with Gasteiger partial charge >= 0.3 is 0 Å². The SMILES string of the molecule is COc1ccc(C2(C)CCC(C)(C)CC2C)c(N2CCN(CC3CC3)CC2)c1.Cl. The van der Waals surface area contributed by atoms with Gasteiger partial charge in [0, 0.05) is 44.5 Å². The summed E-state index contributed by atoms with van der Waals surface area (Å²) in [5.74, 6) is 2.68. The number of anilines is 1. The van der Waals surface area contributed by atoms with Crippen LogP contribution in [0.5, 0.6) is 5.75 Å². The molecule has 3 fully saturated rings. The molecule has 0 N–H and O–H groups in total. The van der Waals surface area contributed by atoms with E-state index in [4.69, 9.17) is 4.74 Å². The number of ether oxygens (including phenoxy) is 1. The summed E-state index contributed by atoms with van der Waals surface area (Å²) in [6.45, 7) is 15.9. The highest BCUT2D eigenvalue weighted by Crippen LogP contribution is 2.52. The lowest BCUT2D eigenvalue weighted by Crippen LogP contribution is -2.48. The third kappa shape index (κ3) is 4.88. The lowest BCUT2D eigenvalue weighted by Gasteiger charge is -2.49. The van der Waals surface area contributed by atoms with Crippen LogP contribution in [0.2, 0.25) is 0 Å². The maximum atomic E-state index is 5.63. The second-order valence-corrected chi connectivity index (χ2v) is 10.8. The number of rotatable bonds is 5. The summed E-state index contributed by atoms with van der Waals surface area (Å²) in [4.78, 5) is 5.32. The molecule has 1 heterocycles. The third-order valence-electron chi connectivity index (χ3n) is 8.01. The molecule has 4 heteroatoms. The molecule has 1 saturated heterocycles. The Morgan fingerprint density at radius 1 is 1.03 bits per heavy atom. The van der Waals surface area contributed by atoms with Crippen LogP contribution in [0.15, 0.2) is 18.2 Å². The Balaban J connectivity index is 0.00000240. The summed E-state index contributed by atoms with van der Waals surface area (Å²) in [6, 6.07) is 6.86. The minimum absolute atomic E-state index is 0. The first-order chi connectivity index (χ1) is 13.3. The zero-order valence-corrected chi connectivity index (χ0v) is 20.0. The van der Waals surface area contributed by atoms with Crippen molar-refractivity contribution in [2.24, 2.45) is 17.3 Å². The third-order valence-corrected chi connectivity index (χ3v) is 8.01. The largest absolute Gasteiger partial charge is 0.497 e. The van der Waals surface area contributed by atoms with Crippen LogP contribution in [0.3, 0.4) is 0 Å². The van der Waals surface area contributed by atoms with Crippen LogP contribution in [0, 0.1) is 17.3 Å². The molecule has 2 saturated carbocycles. The zero-order chi connectivity index (χ0) is 19.9. The first kappa shape index (κ1) is 22.7. The van der Waals surface area contributed by atoms with E-state index in [1.54, 1.807) is 12.7 Å². The minimum atomic E-state index is 0. The highest BCUT2D eigenvalue weighted by molar-refractivity contribution is 5.85. The summed E-state index contributed by atoms with van der Waals surface area (Å²) in [5.41, 5.74) is 3.70. The molecule has 1 aromatic rings. The van der Waals surface area contributed by atoms with E-state index in [0.717, 1.165) is 24.8 Å². The van der Waals surface area contributed by atoms with Crippen molar-refractivity contribution in [3.63, 3.8) is 0 Å². The molecule has 29 heavy (non-hydrogen) atoms. The van der Waals surface area contributed by atoms with Crippen LogP contribution in [-0.2, 0) is 5.41 Å². The molecule has 0 bridgehead atoms. The molecule has 2 aliphatic carbocycles. The van der Waals surface area contributed by atoms with Crippen LogP contribution in [0.25, 0.3) is 0 Å². The van der Waals surface area contributed by atoms with E-state index in [-0.39, 0.29) is 17.8 Å². The van der Waals surface area contributed by atoms with Gasteiger partial charge in [-0.25, -0.2) is 0 Å². The first-order valence-electron chi connectivity index (χ1n) is 11.5. The number of methoxy groups -OCH3 is 1. The van der Waals surface area contributed by atoms with Gasteiger partial charge in [0.1, 0.15) is 5.75 Å². The molecule has 1 aliphatic heterocycles. The minimum Gasteiger partial charge on any atom is -0.497 e. The number of piperazine rings is 1. The lowest BCUT2D eigenvalue weighted by molar-refractivity contribution is 0.109. The molecule has 3 nitrogen and oxygen atoms in total. The van der Waals surface area contributed by atoms with Crippen molar-refractivity contribution in [3.05, 3.63) is 23.8 Å². The van der Waals surface area contributed by atoms with E-state index in [2.05, 4.69) is 55.7 Å². The normalized spacial score (nSPS) is 30.0. The molecule has 0 radical (unpaired) electrons. The molecule has 4 rings (SSSR count).